The average Bonchev–Trinajstić information content (AvgIpc) is 2.24. The minimum Gasteiger partial charge on any atom is -0.444 e. The highest BCUT2D eigenvalue weighted by Gasteiger charge is 2.35. The molecule has 5 heteroatoms. The fraction of sp³-hybridized carbons (Fsp3) is 0.929. The predicted molar refractivity (Wildman–Crippen MR) is 75.1 cm³/mol. The molecule has 0 spiro atoms. The first-order valence-corrected chi connectivity index (χ1v) is 7.06. The summed E-state index contributed by atoms with van der Waals surface area (Å²) in [7, 11) is 0. The number of amides is 1. The summed E-state index contributed by atoms with van der Waals surface area (Å²) in [5.41, 5.74) is -1.31. The average molecular weight is 272 g/mol. The molecule has 0 radical (unpaired) electrons. The summed E-state index contributed by atoms with van der Waals surface area (Å²) >= 11 is 0. The minimum atomic E-state index is -0.799. The van der Waals surface area contributed by atoms with E-state index in [1.807, 2.05) is 34.6 Å². The molecule has 1 heterocycles. The molecule has 0 atom stereocenters. The third-order valence-corrected chi connectivity index (χ3v) is 3.25. The second-order valence-corrected chi connectivity index (χ2v) is 6.68. The van der Waals surface area contributed by atoms with Crippen LogP contribution in [0.25, 0.3) is 0 Å². The Labute approximate surface area is 116 Å². The summed E-state index contributed by atoms with van der Waals surface area (Å²) in [5, 5.41) is 13.8. The third-order valence-electron chi connectivity index (χ3n) is 3.25. The van der Waals surface area contributed by atoms with E-state index in [2.05, 4.69) is 5.32 Å². The third kappa shape index (κ3) is 5.37. The second kappa shape index (κ2) is 6.09. The Balaban J connectivity index is 2.69. The lowest BCUT2D eigenvalue weighted by molar-refractivity contribution is -0.0397. The zero-order chi connectivity index (χ0) is 14.7. The van der Waals surface area contributed by atoms with Crippen LogP contribution in [0.15, 0.2) is 0 Å². The van der Waals surface area contributed by atoms with E-state index in [-0.39, 0.29) is 12.1 Å². The molecule has 0 bridgehead atoms. The number of carbonyl (C=O) groups is 1. The molecule has 1 fully saturated rings. The Bertz CT molecular complexity index is 304. The molecule has 19 heavy (non-hydrogen) atoms. The first kappa shape index (κ1) is 16.2. The largest absolute Gasteiger partial charge is 0.444 e. The topological polar surface area (TPSA) is 61.8 Å². The van der Waals surface area contributed by atoms with Gasteiger partial charge in [0.15, 0.2) is 0 Å². The first-order valence-electron chi connectivity index (χ1n) is 7.06. The van der Waals surface area contributed by atoms with Gasteiger partial charge in [-0.2, -0.15) is 0 Å². The molecule has 0 aromatic heterocycles. The molecule has 2 N–H and O–H groups in total. The molecular formula is C14H28N2O3. The summed E-state index contributed by atoms with van der Waals surface area (Å²) in [6.07, 6.45) is 0.979. The van der Waals surface area contributed by atoms with Gasteiger partial charge in [-0.25, -0.2) is 4.79 Å². The van der Waals surface area contributed by atoms with E-state index >= 15 is 0 Å². The van der Waals surface area contributed by atoms with Gasteiger partial charge in [0.2, 0.25) is 0 Å². The van der Waals surface area contributed by atoms with Crippen LogP contribution in [0.1, 0.15) is 47.5 Å². The second-order valence-electron chi connectivity index (χ2n) is 6.68. The molecule has 0 aromatic carbocycles. The highest BCUT2D eigenvalue weighted by atomic mass is 16.6. The van der Waals surface area contributed by atoms with Gasteiger partial charge < -0.3 is 20.1 Å². The number of rotatable bonds is 3. The van der Waals surface area contributed by atoms with Crippen molar-refractivity contribution in [1.29, 1.82) is 0 Å². The van der Waals surface area contributed by atoms with Crippen LogP contribution >= 0.6 is 0 Å². The van der Waals surface area contributed by atoms with Crippen LogP contribution in [0.3, 0.4) is 0 Å². The molecule has 0 unspecified atom stereocenters. The summed E-state index contributed by atoms with van der Waals surface area (Å²) in [6, 6.07) is 0.00811. The van der Waals surface area contributed by atoms with Gasteiger partial charge in [0, 0.05) is 6.04 Å². The first-order chi connectivity index (χ1) is 8.63. The fourth-order valence-corrected chi connectivity index (χ4v) is 2.15. The van der Waals surface area contributed by atoms with Crippen LogP contribution in [-0.4, -0.2) is 53.0 Å². The highest BCUT2D eigenvalue weighted by Crippen LogP contribution is 2.22. The van der Waals surface area contributed by atoms with Crippen molar-refractivity contribution >= 4 is 6.09 Å². The summed E-state index contributed by atoms with van der Waals surface area (Å²) in [6.45, 7) is 11.3. The predicted octanol–water partition coefficient (Wildman–Crippen LogP) is 1.75. The number of piperidine rings is 1. The summed E-state index contributed by atoms with van der Waals surface area (Å²) in [5.74, 6) is 0. The van der Waals surface area contributed by atoms with Crippen LogP contribution in [0, 0.1) is 0 Å². The lowest BCUT2D eigenvalue weighted by Crippen LogP contribution is -2.53. The van der Waals surface area contributed by atoms with Gasteiger partial charge in [0.25, 0.3) is 0 Å². The Morgan fingerprint density at radius 2 is 1.89 bits per heavy atom. The van der Waals surface area contributed by atoms with Crippen molar-refractivity contribution in [2.24, 2.45) is 0 Å². The van der Waals surface area contributed by atoms with Crippen molar-refractivity contribution in [3.63, 3.8) is 0 Å². The maximum atomic E-state index is 12.2. The van der Waals surface area contributed by atoms with E-state index in [0.717, 1.165) is 13.1 Å². The lowest BCUT2D eigenvalue weighted by atomic mass is 9.91. The summed E-state index contributed by atoms with van der Waals surface area (Å²) < 4.78 is 5.41. The number of nitrogens with one attached hydrogen (secondary N) is 1. The minimum absolute atomic E-state index is 0.00811. The lowest BCUT2D eigenvalue weighted by Gasteiger charge is -2.39. The van der Waals surface area contributed by atoms with Crippen molar-refractivity contribution in [2.75, 3.05) is 19.6 Å². The monoisotopic (exact) mass is 272 g/mol. The zero-order valence-electron chi connectivity index (χ0n) is 12.8. The van der Waals surface area contributed by atoms with E-state index in [4.69, 9.17) is 4.74 Å². The van der Waals surface area contributed by atoms with Crippen molar-refractivity contribution in [2.45, 2.75) is 64.7 Å². The molecule has 5 nitrogen and oxygen atoms in total. The van der Waals surface area contributed by atoms with Crippen LogP contribution in [-0.2, 0) is 4.74 Å². The Morgan fingerprint density at radius 3 is 2.32 bits per heavy atom. The van der Waals surface area contributed by atoms with E-state index in [1.165, 1.54) is 0 Å². The molecule has 1 amide bonds. The van der Waals surface area contributed by atoms with Gasteiger partial charge in [0.05, 0.1) is 12.1 Å². The molecule has 0 saturated carbocycles. The standard InChI is InChI=1S/C14H28N2O3/c1-11(2)16(12(17)19-13(3,4)5)10-14(18)6-8-15-9-7-14/h11,15,18H,6-10H2,1-5H3. The van der Waals surface area contributed by atoms with Gasteiger partial charge in [-0.1, -0.05) is 0 Å². The maximum absolute atomic E-state index is 12.2. The van der Waals surface area contributed by atoms with E-state index in [1.54, 1.807) is 4.90 Å². The van der Waals surface area contributed by atoms with E-state index in [0.29, 0.717) is 19.4 Å². The Hall–Kier alpha value is -0.810. The van der Waals surface area contributed by atoms with Gasteiger partial charge in [-0.3, -0.25) is 0 Å². The molecule has 0 aliphatic carbocycles. The van der Waals surface area contributed by atoms with Crippen molar-refractivity contribution < 1.29 is 14.6 Å². The normalized spacial score (nSPS) is 19.3. The van der Waals surface area contributed by atoms with Crippen LogP contribution in [0.5, 0.6) is 0 Å². The molecule has 1 aliphatic rings. The molecule has 0 aromatic rings. The summed E-state index contributed by atoms with van der Waals surface area (Å²) in [4.78, 5) is 13.8. The molecule has 1 rings (SSSR count). The molecule has 1 saturated heterocycles. The molecular weight excluding hydrogens is 244 g/mol. The maximum Gasteiger partial charge on any atom is 0.410 e. The number of carbonyl (C=O) groups excluding carboxylic acids is 1. The number of hydrogen-bond acceptors (Lipinski definition) is 4. The Kier molecular flexibility index (Phi) is 5.21. The van der Waals surface area contributed by atoms with E-state index in [9.17, 15) is 9.90 Å². The van der Waals surface area contributed by atoms with Crippen molar-refractivity contribution in [3.8, 4) is 0 Å². The van der Waals surface area contributed by atoms with Crippen molar-refractivity contribution in [1.82, 2.24) is 10.2 Å². The number of nitrogens with zero attached hydrogens (tertiary/aromatic N) is 1. The molecule has 1 aliphatic heterocycles. The fourth-order valence-electron chi connectivity index (χ4n) is 2.15. The zero-order valence-corrected chi connectivity index (χ0v) is 12.8. The van der Waals surface area contributed by atoms with Gasteiger partial charge in [-0.05, 0) is 60.5 Å². The van der Waals surface area contributed by atoms with Gasteiger partial charge in [-0.15, -0.1) is 0 Å². The number of aliphatic hydroxyl groups is 1. The Morgan fingerprint density at radius 1 is 1.37 bits per heavy atom. The number of ether oxygens (including phenoxy) is 1. The highest BCUT2D eigenvalue weighted by molar-refractivity contribution is 5.68. The quantitative estimate of drug-likeness (QED) is 0.821. The van der Waals surface area contributed by atoms with Gasteiger partial charge in [0.1, 0.15) is 5.60 Å². The number of hydrogen-bond donors (Lipinski definition) is 2. The van der Waals surface area contributed by atoms with Gasteiger partial charge >= 0.3 is 6.09 Å². The van der Waals surface area contributed by atoms with E-state index < -0.39 is 11.2 Å². The van der Waals surface area contributed by atoms with Crippen LogP contribution in [0.4, 0.5) is 4.79 Å². The smallest absolute Gasteiger partial charge is 0.410 e. The van der Waals surface area contributed by atoms with Crippen LogP contribution in [0.2, 0.25) is 0 Å². The van der Waals surface area contributed by atoms with Crippen molar-refractivity contribution in [3.05, 3.63) is 0 Å². The SMILES string of the molecule is CC(C)N(CC1(O)CCNCC1)C(=O)OC(C)(C)C. The van der Waals surface area contributed by atoms with Crippen LogP contribution < -0.4 is 5.32 Å². The molecule has 112 valence electrons.